The molecule has 1 aliphatic rings. The summed E-state index contributed by atoms with van der Waals surface area (Å²) in [6.45, 7) is 9.28. The lowest BCUT2D eigenvalue weighted by atomic mass is 9.62. The van der Waals surface area contributed by atoms with Gasteiger partial charge in [0.1, 0.15) is 0 Å². The topological polar surface area (TPSA) is 37.3 Å². The van der Waals surface area contributed by atoms with Crippen LogP contribution < -0.4 is 0 Å². The molecular weight excluding hydrogens is 320 g/mol. The van der Waals surface area contributed by atoms with Crippen LogP contribution in [0.25, 0.3) is 0 Å². The van der Waals surface area contributed by atoms with Crippen LogP contribution in [0.3, 0.4) is 0 Å². The van der Waals surface area contributed by atoms with Crippen molar-refractivity contribution >= 4 is 5.97 Å². The molecule has 0 bridgehead atoms. The zero-order valence-corrected chi connectivity index (χ0v) is 16.0. The Morgan fingerprint density at radius 1 is 1.00 bits per heavy atom. The maximum absolute atomic E-state index is 10.9. The van der Waals surface area contributed by atoms with E-state index in [4.69, 9.17) is 5.11 Å². The number of carbonyl (C=O) groups is 1. The summed E-state index contributed by atoms with van der Waals surface area (Å²) in [6, 6.07) is 13.4. The highest BCUT2D eigenvalue weighted by atomic mass is 16.4. The number of carboxylic acid groups (broad SMARTS) is 1. The molecule has 0 aromatic heterocycles. The van der Waals surface area contributed by atoms with Crippen molar-refractivity contribution in [2.75, 3.05) is 0 Å². The number of benzene rings is 2. The van der Waals surface area contributed by atoms with Gasteiger partial charge in [0.25, 0.3) is 0 Å². The van der Waals surface area contributed by atoms with Crippen molar-refractivity contribution in [2.24, 2.45) is 0 Å². The summed E-state index contributed by atoms with van der Waals surface area (Å²) >= 11 is 0. The molecule has 26 heavy (non-hydrogen) atoms. The van der Waals surface area contributed by atoms with E-state index in [1.807, 2.05) is 12.1 Å². The van der Waals surface area contributed by atoms with Gasteiger partial charge < -0.3 is 5.11 Å². The second-order valence-corrected chi connectivity index (χ2v) is 8.48. The summed E-state index contributed by atoms with van der Waals surface area (Å²) in [5.41, 5.74) is 5.61. The summed E-state index contributed by atoms with van der Waals surface area (Å²) < 4.78 is 0. The van der Waals surface area contributed by atoms with E-state index < -0.39 is 5.97 Å². The van der Waals surface area contributed by atoms with Crippen molar-refractivity contribution in [2.45, 2.75) is 57.8 Å². The molecule has 1 aliphatic carbocycles. The maximum atomic E-state index is 10.9. The first kappa shape index (κ1) is 18.3. The molecular formula is C24H26O2. The molecule has 0 fully saturated rings. The quantitative estimate of drug-likeness (QED) is 0.747. The van der Waals surface area contributed by atoms with Gasteiger partial charge in [-0.2, -0.15) is 0 Å². The van der Waals surface area contributed by atoms with Crippen molar-refractivity contribution in [1.29, 1.82) is 0 Å². The molecule has 1 N–H and O–H groups in total. The number of hydrogen-bond acceptors (Lipinski definition) is 1. The summed E-state index contributed by atoms with van der Waals surface area (Å²) in [5.74, 6) is 5.77. The average molecular weight is 346 g/mol. The zero-order valence-electron chi connectivity index (χ0n) is 16.0. The molecule has 0 atom stereocenters. The van der Waals surface area contributed by atoms with E-state index in [0.717, 1.165) is 11.1 Å². The van der Waals surface area contributed by atoms with E-state index in [2.05, 4.69) is 57.7 Å². The van der Waals surface area contributed by atoms with E-state index in [0.29, 0.717) is 12.0 Å². The summed E-state index contributed by atoms with van der Waals surface area (Å²) in [5, 5.41) is 8.98. The number of fused-ring (bicyclic) bond motifs is 1. The smallest absolute Gasteiger partial charge is 0.335 e. The van der Waals surface area contributed by atoms with E-state index >= 15 is 0 Å². The van der Waals surface area contributed by atoms with E-state index in [-0.39, 0.29) is 10.8 Å². The van der Waals surface area contributed by atoms with Gasteiger partial charge in [0.15, 0.2) is 0 Å². The van der Waals surface area contributed by atoms with Gasteiger partial charge in [-0.25, -0.2) is 4.79 Å². The van der Waals surface area contributed by atoms with Gasteiger partial charge in [-0.1, -0.05) is 63.8 Å². The second kappa shape index (κ2) is 6.65. The van der Waals surface area contributed by atoms with Gasteiger partial charge in [0.2, 0.25) is 0 Å². The van der Waals surface area contributed by atoms with Crippen molar-refractivity contribution in [3.8, 4) is 11.8 Å². The number of aromatic carboxylic acids is 1. The molecule has 134 valence electrons. The number of rotatable bonds is 2. The predicted molar refractivity (Wildman–Crippen MR) is 106 cm³/mol. The van der Waals surface area contributed by atoms with Crippen LogP contribution in [0, 0.1) is 11.8 Å². The lowest BCUT2D eigenvalue weighted by Crippen LogP contribution is -2.34. The van der Waals surface area contributed by atoms with Crippen LogP contribution in [-0.2, 0) is 17.3 Å². The van der Waals surface area contributed by atoms with Crippen LogP contribution in [0.15, 0.2) is 42.5 Å². The molecule has 0 unspecified atom stereocenters. The third-order valence-corrected chi connectivity index (χ3v) is 5.56. The fraction of sp³-hybridized carbons (Fsp3) is 0.375. The van der Waals surface area contributed by atoms with Crippen LogP contribution in [-0.4, -0.2) is 11.1 Å². The predicted octanol–water partition coefficient (Wildman–Crippen LogP) is 5.33. The molecule has 3 rings (SSSR count). The van der Waals surface area contributed by atoms with Crippen LogP contribution in [0.2, 0.25) is 0 Å². The van der Waals surface area contributed by atoms with Crippen LogP contribution in [0.1, 0.15) is 73.1 Å². The molecule has 0 heterocycles. The second-order valence-electron chi connectivity index (χ2n) is 8.48. The third kappa shape index (κ3) is 3.53. The lowest BCUT2D eigenvalue weighted by molar-refractivity contribution is 0.0697. The summed E-state index contributed by atoms with van der Waals surface area (Å²) in [7, 11) is 0. The monoisotopic (exact) mass is 346 g/mol. The minimum absolute atomic E-state index is 0.138. The molecule has 2 aromatic carbocycles. The maximum Gasteiger partial charge on any atom is 0.335 e. The Labute approximate surface area is 156 Å². The first-order chi connectivity index (χ1) is 12.2. The molecule has 0 saturated heterocycles. The highest BCUT2D eigenvalue weighted by molar-refractivity contribution is 5.87. The number of hydrogen-bond donors (Lipinski definition) is 1. The van der Waals surface area contributed by atoms with Crippen molar-refractivity contribution < 1.29 is 9.90 Å². The van der Waals surface area contributed by atoms with Crippen LogP contribution in [0.4, 0.5) is 0 Å². The van der Waals surface area contributed by atoms with Crippen molar-refractivity contribution in [3.63, 3.8) is 0 Å². The van der Waals surface area contributed by atoms with Gasteiger partial charge in [-0.3, -0.25) is 0 Å². The highest BCUT2D eigenvalue weighted by Gasteiger charge is 2.38. The Morgan fingerprint density at radius 2 is 1.65 bits per heavy atom. The van der Waals surface area contributed by atoms with Crippen molar-refractivity contribution in [1.82, 2.24) is 0 Å². The Balaban J connectivity index is 1.90. The molecule has 2 nitrogen and oxygen atoms in total. The Kier molecular flexibility index (Phi) is 4.67. The summed E-state index contributed by atoms with van der Waals surface area (Å²) in [6.07, 6.45) is 2.98. The number of carboxylic acids is 1. The summed E-state index contributed by atoms with van der Waals surface area (Å²) in [4.78, 5) is 10.9. The fourth-order valence-corrected chi connectivity index (χ4v) is 3.84. The van der Waals surface area contributed by atoms with E-state index in [1.54, 1.807) is 12.1 Å². The Hall–Kier alpha value is -2.53. The molecule has 0 amide bonds. The van der Waals surface area contributed by atoms with Gasteiger partial charge >= 0.3 is 5.97 Å². The van der Waals surface area contributed by atoms with E-state index in [9.17, 15) is 4.79 Å². The van der Waals surface area contributed by atoms with Gasteiger partial charge in [-0.15, -0.1) is 0 Å². The molecule has 0 aliphatic heterocycles. The molecule has 0 saturated carbocycles. The standard InChI is InChI=1S/C24H26O2/c1-23(2)15-16-24(3,4)21-18(9-6-10-20(21)23)8-5-7-17-11-13-19(14-12-17)22(25)26/h6,9-14H,7,15-16H2,1-4H3,(H,25,26). The third-order valence-electron chi connectivity index (χ3n) is 5.56. The molecule has 0 radical (unpaired) electrons. The lowest BCUT2D eigenvalue weighted by Gasteiger charge is -2.42. The van der Waals surface area contributed by atoms with E-state index in [1.165, 1.54) is 24.0 Å². The zero-order chi connectivity index (χ0) is 18.9. The van der Waals surface area contributed by atoms with Crippen molar-refractivity contribution in [3.05, 3.63) is 70.3 Å². The largest absolute Gasteiger partial charge is 0.478 e. The molecule has 0 spiro atoms. The Bertz CT molecular complexity index is 890. The normalized spacial score (nSPS) is 16.9. The van der Waals surface area contributed by atoms with Crippen LogP contribution in [0.5, 0.6) is 0 Å². The average Bonchev–Trinajstić information content (AvgIpc) is 2.59. The first-order valence-corrected chi connectivity index (χ1v) is 9.16. The van der Waals surface area contributed by atoms with Gasteiger partial charge in [0, 0.05) is 12.0 Å². The minimum Gasteiger partial charge on any atom is -0.478 e. The first-order valence-electron chi connectivity index (χ1n) is 9.16. The molecule has 2 heteroatoms. The minimum atomic E-state index is -0.900. The molecule has 2 aromatic rings. The van der Waals surface area contributed by atoms with Gasteiger partial charge in [-0.05, 0) is 58.6 Å². The highest BCUT2D eigenvalue weighted by Crippen LogP contribution is 2.46. The Morgan fingerprint density at radius 3 is 2.31 bits per heavy atom. The van der Waals surface area contributed by atoms with Crippen LogP contribution >= 0.6 is 0 Å². The fourth-order valence-electron chi connectivity index (χ4n) is 3.84. The SMILES string of the molecule is CC1(C)CCC(C)(C)c2c(C#CCc3ccc(C(=O)O)cc3)cccc21. The van der Waals surface area contributed by atoms with Gasteiger partial charge in [0.05, 0.1) is 5.56 Å².